The first-order valence-electron chi connectivity index (χ1n) is 7.97. The van der Waals surface area contributed by atoms with E-state index in [0.717, 1.165) is 19.4 Å². The second kappa shape index (κ2) is 14.3. The minimum atomic E-state index is -0.606. The van der Waals surface area contributed by atoms with Gasteiger partial charge in [-0.2, -0.15) is 0 Å². The van der Waals surface area contributed by atoms with Gasteiger partial charge in [0.05, 0.1) is 32.5 Å². The number of amides is 1. The van der Waals surface area contributed by atoms with Gasteiger partial charge in [-0.15, -0.1) is 0 Å². The standard InChI is InChI=1S/C15H32N2O4/c1-4-7-8-20-9-10-21-13-14(18)11-16-12-15(19)17(5-2)6-3/h14,16,18H,4-13H2,1-3H3. The average Bonchev–Trinajstić information content (AvgIpc) is 2.47. The molecule has 0 aliphatic rings. The van der Waals surface area contributed by atoms with Crippen LogP contribution in [0.2, 0.25) is 0 Å². The Kier molecular flexibility index (Phi) is 13.8. The third kappa shape index (κ3) is 11.6. The molecule has 0 aliphatic carbocycles. The summed E-state index contributed by atoms with van der Waals surface area (Å²) in [7, 11) is 0. The number of carbonyl (C=O) groups is 1. The van der Waals surface area contributed by atoms with Crippen LogP contribution in [0.25, 0.3) is 0 Å². The summed E-state index contributed by atoms with van der Waals surface area (Å²) in [5, 5.41) is 12.7. The van der Waals surface area contributed by atoms with Crippen LogP contribution in [0.4, 0.5) is 0 Å². The summed E-state index contributed by atoms with van der Waals surface area (Å²) >= 11 is 0. The number of nitrogens with one attached hydrogen (secondary N) is 1. The van der Waals surface area contributed by atoms with E-state index in [1.807, 2.05) is 13.8 Å². The fourth-order valence-electron chi connectivity index (χ4n) is 1.78. The first kappa shape index (κ1) is 20.3. The Labute approximate surface area is 128 Å². The molecule has 1 unspecified atom stereocenters. The summed E-state index contributed by atoms with van der Waals surface area (Å²) in [6, 6.07) is 0. The molecule has 0 radical (unpaired) electrons. The quantitative estimate of drug-likeness (QED) is 0.461. The van der Waals surface area contributed by atoms with E-state index in [1.54, 1.807) is 4.90 Å². The lowest BCUT2D eigenvalue weighted by atomic mass is 10.3. The van der Waals surface area contributed by atoms with Crippen molar-refractivity contribution in [1.82, 2.24) is 10.2 Å². The Morgan fingerprint density at radius 2 is 1.81 bits per heavy atom. The normalized spacial score (nSPS) is 12.4. The maximum Gasteiger partial charge on any atom is 0.236 e. The molecular formula is C15H32N2O4. The molecule has 0 bridgehead atoms. The van der Waals surface area contributed by atoms with Crippen LogP contribution in [-0.4, -0.2) is 74.6 Å². The largest absolute Gasteiger partial charge is 0.389 e. The Morgan fingerprint density at radius 1 is 1.14 bits per heavy atom. The minimum Gasteiger partial charge on any atom is -0.389 e. The molecule has 0 rings (SSSR count). The van der Waals surface area contributed by atoms with Gasteiger partial charge >= 0.3 is 0 Å². The summed E-state index contributed by atoms with van der Waals surface area (Å²) in [6.07, 6.45) is 1.58. The summed E-state index contributed by atoms with van der Waals surface area (Å²) in [5.74, 6) is 0.0532. The summed E-state index contributed by atoms with van der Waals surface area (Å²) in [5.41, 5.74) is 0. The fourth-order valence-corrected chi connectivity index (χ4v) is 1.78. The number of carbonyl (C=O) groups excluding carboxylic acids is 1. The molecule has 6 nitrogen and oxygen atoms in total. The second-order valence-electron chi connectivity index (χ2n) is 4.89. The van der Waals surface area contributed by atoms with Gasteiger partial charge in [0.1, 0.15) is 0 Å². The first-order chi connectivity index (χ1) is 10.2. The summed E-state index contributed by atoms with van der Waals surface area (Å²) < 4.78 is 10.7. The molecule has 0 spiro atoms. The van der Waals surface area contributed by atoms with Gasteiger partial charge in [0.15, 0.2) is 0 Å². The molecule has 1 atom stereocenters. The van der Waals surface area contributed by atoms with Gasteiger partial charge < -0.3 is 24.8 Å². The molecule has 0 saturated carbocycles. The number of rotatable bonds is 14. The van der Waals surface area contributed by atoms with Crippen LogP contribution in [0.15, 0.2) is 0 Å². The predicted molar refractivity (Wildman–Crippen MR) is 83.4 cm³/mol. The van der Waals surface area contributed by atoms with Crippen molar-refractivity contribution in [3.05, 3.63) is 0 Å². The van der Waals surface area contributed by atoms with Crippen molar-refractivity contribution < 1.29 is 19.4 Å². The topological polar surface area (TPSA) is 71.0 Å². The third-order valence-electron chi connectivity index (χ3n) is 3.10. The van der Waals surface area contributed by atoms with Crippen LogP contribution in [0, 0.1) is 0 Å². The minimum absolute atomic E-state index is 0.0532. The van der Waals surface area contributed by atoms with E-state index in [9.17, 15) is 9.90 Å². The number of nitrogens with zero attached hydrogens (tertiary/aromatic N) is 1. The average molecular weight is 304 g/mol. The van der Waals surface area contributed by atoms with Crippen LogP contribution >= 0.6 is 0 Å². The Morgan fingerprint density at radius 3 is 2.43 bits per heavy atom. The SMILES string of the molecule is CCCCOCCOCC(O)CNCC(=O)N(CC)CC. The molecule has 2 N–H and O–H groups in total. The van der Waals surface area contributed by atoms with E-state index < -0.39 is 6.10 Å². The fraction of sp³-hybridized carbons (Fsp3) is 0.933. The Balaban J connectivity index is 3.46. The Hall–Kier alpha value is -0.690. The molecule has 0 heterocycles. The van der Waals surface area contributed by atoms with Crippen molar-refractivity contribution in [3.8, 4) is 0 Å². The molecule has 0 aromatic carbocycles. The molecular weight excluding hydrogens is 272 g/mol. The zero-order valence-corrected chi connectivity index (χ0v) is 13.8. The molecule has 0 saturated heterocycles. The second-order valence-corrected chi connectivity index (χ2v) is 4.89. The van der Waals surface area contributed by atoms with Gasteiger partial charge in [-0.1, -0.05) is 13.3 Å². The number of hydrogen-bond donors (Lipinski definition) is 2. The van der Waals surface area contributed by atoms with E-state index in [2.05, 4.69) is 12.2 Å². The zero-order chi connectivity index (χ0) is 15.9. The number of aliphatic hydroxyl groups excluding tert-OH is 1. The molecule has 1 amide bonds. The van der Waals surface area contributed by atoms with Crippen LogP contribution in [-0.2, 0) is 14.3 Å². The van der Waals surface area contributed by atoms with Crippen LogP contribution in [0.5, 0.6) is 0 Å². The van der Waals surface area contributed by atoms with E-state index in [4.69, 9.17) is 9.47 Å². The highest BCUT2D eigenvalue weighted by atomic mass is 16.5. The molecule has 0 fully saturated rings. The van der Waals surface area contributed by atoms with Crippen LogP contribution < -0.4 is 5.32 Å². The van der Waals surface area contributed by atoms with Crippen molar-refractivity contribution in [2.45, 2.75) is 39.7 Å². The summed E-state index contributed by atoms with van der Waals surface area (Å²) in [6.45, 7) is 10.1. The lowest BCUT2D eigenvalue weighted by molar-refractivity contribution is -0.129. The number of hydrogen-bond acceptors (Lipinski definition) is 5. The molecule has 21 heavy (non-hydrogen) atoms. The van der Waals surface area contributed by atoms with Gasteiger partial charge in [-0.05, 0) is 20.3 Å². The lowest BCUT2D eigenvalue weighted by Gasteiger charge is -2.19. The number of ether oxygens (including phenoxy) is 2. The molecule has 6 heteroatoms. The number of aliphatic hydroxyl groups is 1. The van der Waals surface area contributed by atoms with E-state index >= 15 is 0 Å². The maximum atomic E-state index is 11.7. The van der Waals surface area contributed by atoms with Crippen molar-refractivity contribution in [3.63, 3.8) is 0 Å². The van der Waals surface area contributed by atoms with Gasteiger partial charge in [0.2, 0.25) is 5.91 Å². The van der Waals surface area contributed by atoms with Gasteiger partial charge in [0.25, 0.3) is 0 Å². The van der Waals surface area contributed by atoms with Crippen molar-refractivity contribution in [2.24, 2.45) is 0 Å². The van der Waals surface area contributed by atoms with Gasteiger partial charge in [0, 0.05) is 26.2 Å². The highest BCUT2D eigenvalue weighted by Gasteiger charge is 2.10. The maximum absolute atomic E-state index is 11.7. The summed E-state index contributed by atoms with van der Waals surface area (Å²) in [4.78, 5) is 13.5. The molecule has 0 aliphatic heterocycles. The van der Waals surface area contributed by atoms with Crippen LogP contribution in [0.1, 0.15) is 33.6 Å². The Bertz CT molecular complexity index is 248. The zero-order valence-electron chi connectivity index (χ0n) is 13.8. The first-order valence-corrected chi connectivity index (χ1v) is 7.97. The van der Waals surface area contributed by atoms with E-state index in [1.165, 1.54) is 0 Å². The van der Waals surface area contributed by atoms with Crippen molar-refractivity contribution in [1.29, 1.82) is 0 Å². The predicted octanol–water partition coefficient (Wildman–Crippen LogP) is 0.639. The van der Waals surface area contributed by atoms with Gasteiger partial charge in [-0.3, -0.25) is 4.79 Å². The van der Waals surface area contributed by atoms with Crippen molar-refractivity contribution >= 4 is 5.91 Å². The third-order valence-corrected chi connectivity index (χ3v) is 3.10. The van der Waals surface area contributed by atoms with Crippen LogP contribution in [0.3, 0.4) is 0 Å². The van der Waals surface area contributed by atoms with E-state index in [0.29, 0.717) is 32.8 Å². The molecule has 0 aromatic rings. The number of unbranched alkanes of at least 4 members (excludes halogenated alkanes) is 1. The molecule has 0 aromatic heterocycles. The number of likely N-dealkylation sites (N-methyl/N-ethyl adjacent to an activating group) is 1. The van der Waals surface area contributed by atoms with Gasteiger partial charge in [-0.25, -0.2) is 0 Å². The van der Waals surface area contributed by atoms with E-state index in [-0.39, 0.29) is 19.1 Å². The highest BCUT2D eigenvalue weighted by Crippen LogP contribution is 1.90. The monoisotopic (exact) mass is 304 g/mol. The molecule has 126 valence electrons. The van der Waals surface area contributed by atoms with Crippen molar-refractivity contribution in [2.75, 3.05) is 52.6 Å². The highest BCUT2D eigenvalue weighted by molar-refractivity contribution is 5.78. The smallest absolute Gasteiger partial charge is 0.236 e. The lowest BCUT2D eigenvalue weighted by Crippen LogP contribution is -2.40.